The fraction of sp³-hybridized carbons (Fsp3) is 0.583. The summed E-state index contributed by atoms with van der Waals surface area (Å²) in [5.41, 5.74) is -0.0304. The second kappa shape index (κ2) is 4.89. The molecule has 1 fully saturated rings. The summed E-state index contributed by atoms with van der Waals surface area (Å²) in [6.07, 6.45) is 6.34. The molecule has 0 aromatic heterocycles. The first kappa shape index (κ1) is 12.1. The van der Waals surface area contributed by atoms with Gasteiger partial charge in [0, 0.05) is 6.42 Å². The molecule has 1 saturated heterocycles. The molecule has 1 atom stereocenters. The Morgan fingerprint density at radius 1 is 1.59 bits per heavy atom. The maximum atomic E-state index is 10.9. The lowest BCUT2D eigenvalue weighted by Crippen LogP contribution is -2.40. The Kier molecular flexibility index (Phi) is 3.49. The van der Waals surface area contributed by atoms with Gasteiger partial charge in [-0.1, -0.05) is 0 Å². The van der Waals surface area contributed by atoms with E-state index in [2.05, 4.69) is 5.32 Å². The van der Waals surface area contributed by atoms with Crippen molar-refractivity contribution < 1.29 is 19.4 Å². The molecule has 0 saturated carbocycles. The van der Waals surface area contributed by atoms with Gasteiger partial charge < -0.3 is 19.9 Å². The van der Waals surface area contributed by atoms with Crippen LogP contribution in [0.1, 0.15) is 19.8 Å². The molecule has 0 aliphatic carbocycles. The molecular formula is C12H17NO4. The molecule has 5 nitrogen and oxygen atoms in total. The number of carboxylic acid groups (broad SMARTS) is 1. The minimum absolute atomic E-state index is 0.152. The summed E-state index contributed by atoms with van der Waals surface area (Å²) in [5, 5.41) is 12.1. The first-order chi connectivity index (χ1) is 8.09. The average molecular weight is 239 g/mol. The number of rotatable bonds is 4. The van der Waals surface area contributed by atoms with E-state index < -0.39 is 5.97 Å². The summed E-state index contributed by atoms with van der Waals surface area (Å²) in [5.74, 6) is -0.901. The minimum atomic E-state index is -0.901. The third-order valence-electron chi connectivity index (χ3n) is 2.99. The summed E-state index contributed by atoms with van der Waals surface area (Å²) >= 11 is 0. The molecule has 94 valence electrons. The normalized spacial score (nSPS) is 28.9. The van der Waals surface area contributed by atoms with Gasteiger partial charge in [0.05, 0.1) is 24.3 Å². The highest BCUT2D eigenvalue weighted by Gasteiger charge is 2.27. The fourth-order valence-corrected chi connectivity index (χ4v) is 2.02. The van der Waals surface area contributed by atoms with Gasteiger partial charge in [-0.2, -0.15) is 0 Å². The van der Waals surface area contributed by atoms with Crippen LogP contribution >= 0.6 is 0 Å². The zero-order chi connectivity index (χ0) is 12.3. The van der Waals surface area contributed by atoms with Crippen molar-refractivity contribution in [3.63, 3.8) is 0 Å². The third kappa shape index (κ3) is 3.08. The Morgan fingerprint density at radius 2 is 2.29 bits per heavy atom. The Labute approximate surface area is 100 Å². The van der Waals surface area contributed by atoms with Crippen LogP contribution in [0.2, 0.25) is 0 Å². The molecule has 0 amide bonds. The summed E-state index contributed by atoms with van der Waals surface area (Å²) < 4.78 is 10.7. The van der Waals surface area contributed by atoms with E-state index in [4.69, 9.17) is 14.6 Å². The minimum Gasteiger partial charge on any atom is -0.478 e. The quantitative estimate of drug-likeness (QED) is 0.766. The van der Waals surface area contributed by atoms with E-state index in [9.17, 15) is 4.79 Å². The van der Waals surface area contributed by atoms with Gasteiger partial charge in [-0.25, -0.2) is 4.79 Å². The zero-order valence-electron chi connectivity index (χ0n) is 9.81. The van der Waals surface area contributed by atoms with Crippen molar-refractivity contribution in [2.24, 2.45) is 0 Å². The highest BCUT2D eigenvalue weighted by Crippen LogP contribution is 2.23. The maximum Gasteiger partial charge on any atom is 0.335 e. The lowest BCUT2D eigenvalue weighted by molar-refractivity contribution is -0.132. The summed E-state index contributed by atoms with van der Waals surface area (Å²) in [7, 11) is 0. The van der Waals surface area contributed by atoms with Crippen LogP contribution in [0.5, 0.6) is 0 Å². The molecule has 2 aliphatic rings. The van der Waals surface area contributed by atoms with Crippen molar-refractivity contribution >= 4 is 5.97 Å². The van der Waals surface area contributed by atoms with E-state index >= 15 is 0 Å². The third-order valence-corrected chi connectivity index (χ3v) is 2.99. The van der Waals surface area contributed by atoms with Crippen molar-refractivity contribution in [3.05, 3.63) is 23.9 Å². The Balaban J connectivity index is 1.94. The van der Waals surface area contributed by atoms with Gasteiger partial charge in [0.1, 0.15) is 0 Å². The second-order valence-electron chi connectivity index (χ2n) is 4.51. The average Bonchev–Trinajstić information content (AvgIpc) is 2.79. The lowest BCUT2D eigenvalue weighted by atomic mass is 9.91. The molecular weight excluding hydrogens is 222 g/mol. The van der Waals surface area contributed by atoms with Crippen LogP contribution < -0.4 is 5.32 Å². The van der Waals surface area contributed by atoms with Crippen LogP contribution in [0.4, 0.5) is 0 Å². The van der Waals surface area contributed by atoms with Gasteiger partial charge in [-0.15, -0.1) is 0 Å². The van der Waals surface area contributed by atoms with Gasteiger partial charge in [-0.3, -0.25) is 0 Å². The summed E-state index contributed by atoms with van der Waals surface area (Å²) in [4.78, 5) is 10.9. The monoisotopic (exact) mass is 239 g/mol. The van der Waals surface area contributed by atoms with E-state index in [1.165, 1.54) is 0 Å². The van der Waals surface area contributed by atoms with Gasteiger partial charge in [0.25, 0.3) is 0 Å². The van der Waals surface area contributed by atoms with E-state index in [-0.39, 0.29) is 11.8 Å². The number of carboxylic acids is 1. The van der Waals surface area contributed by atoms with Gasteiger partial charge in [0.15, 0.2) is 6.29 Å². The van der Waals surface area contributed by atoms with Crippen LogP contribution in [0.25, 0.3) is 0 Å². The SMILES string of the molecule is CC1(CCC2OCCO2)C=C(C(=O)O)C=CN1. The highest BCUT2D eigenvalue weighted by molar-refractivity contribution is 5.90. The summed E-state index contributed by atoms with van der Waals surface area (Å²) in [6.45, 7) is 3.25. The van der Waals surface area contributed by atoms with Crippen molar-refractivity contribution in [1.29, 1.82) is 0 Å². The van der Waals surface area contributed by atoms with Crippen molar-refractivity contribution in [2.75, 3.05) is 13.2 Å². The molecule has 0 spiro atoms. The van der Waals surface area contributed by atoms with E-state index in [1.807, 2.05) is 6.92 Å². The number of hydrogen-bond donors (Lipinski definition) is 2. The van der Waals surface area contributed by atoms with Crippen molar-refractivity contribution in [3.8, 4) is 0 Å². The summed E-state index contributed by atoms with van der Waals surface area (Å²) in [6, 6.07) is 0. The predicted molar refractivity (Wildman–Crippen MR) is 61.3 cm³/mol. The van der Waals surface area contributed by atoms with Crippen LogP contribution in [-0.2, 0) is 14.3 Å². The smallest absolute Gasteiger partial charge is 0.335 e. The molecule has 0 radical (unpaired) electrons. The Hall–Kier alpha value is -1.33. The maximum absolute atomic E-state index is 10.9. The van der Waals surface area contributed by atoms with Crippen molar-refractivity contribution in [1.82, 2.24) is 5.32 Å². The second-order valence-corrected chi connectivity index (χ2v) is 4.51. The molecule has 0 aromatic carbocycles. The van der Waals surface area contributed by atoms with Crippen LogP contribution in [0, 0.1) is 0 Å². The number of hydrogen-bond acceptors (Lipinski definition) is 4. The van der Waals surface area contributed by atoms with E-state index in [0.29, 0.717) is 18.8 Å². The fourth-order valence-electron chi connectivity index (χ4n) is 2.02. The number of nitrogens with one attached hydrogen (secondary N) is 1. The van der Waals surface area contributed by atoms with Crippen LogP contribution in [0.3, 0.4) is 0 Å². The van der Waals surface area contributed by atoms with Gasteiger partial charge in [-0.05, 0) is 31.7 Å². The van der Waals surface area contributed by atoms with Gasteiger partial charge in [0.2, 0.25) is 0 Å². The first-order valence-corrected chi connectivity index (χ1v) is 5.73. The highest BCUT2D eigenvalue weighted by atomic mass is 16.7. The largest absolute Gasteiger partial charge is 0.478 e. The van der Waals surface area contributed by atoms with Crippen LogP contribution in [-0.4, -0.2) is 36.1 Å². The molecule has 17 heavy (non-hydrogen) atoms. The topological polar surface area (TPSA) is 67.8 Å². The van der Waals surface area contributed by atoms with E-state index in [0.717, 1.165) is 12.8 Å². The molecule has 0 bridgehead atoms. The predicted octanol–water partition coefficient (Wildman–Crippen LogP) is 1.03. The van der Waals surface area contributed by atoms with E-state index in [1.54, 1.807) is 18.4 Å². The van der Waals surface area contributed by atoms with Crippen molar-refractivity contribution in [2.45, 2.75) is 31.6 Å². The first-order valence-electron chi connectivity index (χ1n) is 5.73. The molecule has 2 rings (SSSR count). The standard InChI is InChI=1S/C12H17NO4/c1-12(4-2-10-16-6-7-17-10)8-9(11(14)15)3-5-13-12/h3,5,8,10,13H,2,4,6-7H2,1H3,(H,14,15). The number of ether oxygens (including phenoxy) is 2. The zero-order valence-corrected chi connectivity index (χ0v) is 9.81. The lowest BCUT2D eigenvalue weighted by Gasteiger charge is -2.30. The number of dihydropyridines is 1. The Morgan fingerprint density at radius 3 is 2.94 bits per heavy atom. The molecule has 5 heteroatoms. The molecule has 1 unspecified atom stereocenters. The molecule has 0 aromatic rings. The molecule has 2 aliphatic heterocycles. The number of carbonyl (C=O) groups is 1. The van der Waals surface area contributed by atoms with Crippen LogP contribution in [0.15, 0.2) is 23.9 Å². The number of aliphatic carboxylic acids is 1. The Bertz CT molecular complexity index is 358. The molecule has 2 N–H and O–H groups in total. The van der Waals surface area contributed by atoms with Gasteiger partial charge >= 0.3 is 5.97 Å². The molecule has 2 heterocycles.